The van der Waals surface area contributed by atoms with E-state index in [2.05, 4.69) is 29.2 Å². The van der Waals surface area contributed by atoms with Crippen molar-refractivity contribution in [3.63, 3.8) is 0 Å². The van der Waals surface area contributed by atoms with Crippen LogP contribution in [0.4, 0.5) is 0 Å². The van der Waals surface area contributed by atoms with Gasteiger partial charge in [0, 0.05) is 6.54 Å². The second-order valence-corrected chi connectivity index (χ2v) is 6.84. The summed E-state index contributed by atoms with van der Waals surface area (Å²) >= 11 is 0. The van der Waals surface area contributed by atoms with Gasteiger partial charge >= 0.3 is 0 Å². The Kier molecular flexibility index (Phi) is 6.78. The van der Waals surface area contributed by atoms with Gasteiger partial charge in [-0.3, -0.25) is 4.90 Å². The molecule has 1 saturated heterocycles. The molecule has 0 bridgehead atoms. The van der Waals surface area contributed by atoms with Crippen LogP contribution in [-0.4, -0.2) is 45.4 Å². The van der Waals surface area contributed by atoms with Crippen molar-refractivity contribution < 1.29 is 14.2 Å². The van der Waals surface area contributed by atoms with E-state index in [-0.39, 0.29) is 0 Å². The number of hydrogen-bond donors (Lipinski definition) is 0. The molecule has 1 aliphatic rings. The molecule has 1 heterocycles. The van der Waals surface area contributed by atoms with Crippen LogP contribution in [0.1, 0.15) is 18.4 Å². The summed E-state index contributed by atoms with van der Waals surface area (Å²) in [6.45, 7) is 3.96. The summed E-state index contributed by atoms with van der Waals surface area (Å²) in [4.78, 5) is 2.50. The van der Waals surface area contributed by atoms with Gasteiger partial charge in [0.05, 0.1) is 14.2 Å². The molecule has 1 aliphatic heterocycles. The highest BCUT2D eigenvalue weighted by Crippen LogP contribution is 2.26. The summed E-state index contributed by atoms with van der Waals surface area (Å²) in [5.41, 5.74) is 1.41. The number of benzene rings is 2. The Bertz CT molecular complexity index is 663. The summed E-state index contributed by atoms with van der Waals surface area (Å²) in [6.07, 6.45) is 3.66. The molecule has 4 heteroatoms. The van der Waals surface area contributed by atoms with Gasteiger partial charge in [0.15, 0.2) is 11.5 Å². The largest absolute Gasteiger partial charge is 0.497 e. The minimum Gasteiger partial charge on any atom is -0.497 e. The minimum absolute atomic E-state index is 0.698. The average molecular weight is 355 g/mol. The lowest BCUT2D eigenvalue weighted by Gasteiger charge is -2.32. The molecule has 0 radical (unpaired) electrons. The van der Waals surface area contributed by atoms with Crippen LogP contribution in [0.2, 0.25) is 0 Å². The molecule has 2 aromatic rings. The van der Waals surface area contributed by atoms with E-state index in [0.717, 1.165) is 49.2 Å². The van der Waals surface area contributed by atoms with E-state index in [1.807, 2.05) is 24.3 Å². The molecule has 3 rings (SSSR count). The summed E-state index contributed by atoms with van der Waals surface area (Å²) in [7, 11) is 3.39. The first-order valence-corrected chi connectivity index (χ1v) is 9.39. The van der Waals surface area contributed by atoms with Crippen molar-refractivity contribution in [2.45, 2.75) is 19.3 Å². The second kappa shape index (κ2) is 9.48. The quantitative estimate of drug-likeness (QED) is 0.715. The van der Waals surface area contributed by atoms with Gasteiger partial charge < -0.3 is 14.2 Å². The third-order valence-electron chi connectivity index (χ3n) is 5.12. The van der Waals surface area contributed by atoms with Gasteiger partial charge in [0.1, 0.15) is 12.4 Å². The first kappa shape index (κ1) is 18.6. The van der Waals surface area contributed by atoms with E-state index in [1.165, 1.54) is 18.4 Å². The minimum atomic E-state index is 0.698. The van der Waals surface area contributed by atoms with Crippen LogP contribution in [0.5, 0.6) is 17.2 Å². The van der Waals surface area contributed by atoms with Crippen LogP contribution in [0.3, 0.4) is 0 Å². The summed E-state index contributed by atoms with van der Waals surface area (Å²) in [5.74, 6) is 3.32. The monoisotopic (exact) mass is 355 g/mol. The van der Waals surface area contributed by atoms with Crippen LogP contribution in [0, 0.1) is 5.92 Å². The van der Waals surface area contributed by atoms with Crippen LogP contribution >= 0.6 is 0 Å². The number of piperidine rings is 1. The molecule has 0 atom stereocenters. The van der Waals surface area contributed by atoms with E-state index in [9.17, 15) is 0 Å². The van der Waals surface area contributed by atoms with Crippen molar-refractivity contribution in [1.82, 2.24) is 4.90 Å². The Morgan fingerprint density at radius 3 is 2.23 bits per heavy atom. The number of methoxy groups -OCH3 is 2. The Labute approximate surface area is 156 Å². The molecule has 26 heavy (non-hydrogen) atoms. The fraction of sp³-hybridized carbons (Fsp3) is 0.455. The fourth-order valence-electron chi connectivity index (χ4n) is 3.53. The number of likely N-dealkylation sites (tertiary alicyclic amines) is 1. The van der Waals surface area contributed by atoms with Crippen molar-refractivity contribution in [3.8, 4) is 17.2 Å². The lowest BCUT2D eigenvalue weighted by Crippen LogP contribution is -2.37. The summed E-state index contributed by atoms with van der Waals surface area (Å²) in [6, 6.07) is 16.3. The normalized spacial score (nSPS) is 15.6. The van der Waals surface area contributed by atoms with Crippen molar-refractivity contribution in [2.24, 2.45) is 5.92 Å². The highest BCUT2D eigenvalue weighted by molar-refractivity contribution is 5.39. The molecule has 0 unspecified atom stereocenters. The lowest BCUT2D eigenvalue weighted by molar-refractivity contribution is 0.153. The Morgan fingerprint density at radius 2 is 1.58 bits per heavy atom. The van der Waals surface area contributed by atoms with Gasteiger partial charge in [0.25, 0.3) is 0 Å². The Morgan fingerprint density at radius 1 is 0.885 bits per heavy atom. The van der Waals surface area contributed by atoms with Crippen LogP contribution in [0.15, 0.2) is 48.5 Å². The fourth-order valence-corrected chi connectivity index (χ4v) is 3.53. The van der Waals surface area contributed by atoms with Crippen LogP contribution < -0.4 is 14.2 Å². The van der Waals surface area contributed by atoms with E-state index in [0.29, 0.717) is 6.61 Å². The first-order valence-electron chi connectivity index (χ1n) is 9.39. The molecule has 0 N–H and O–H groups in total. The zero-order valence-corrected chi connectivity index (χ0v) is 15.8. The average Bonchev–Trinajstić information content (AvgIpc) is 2.70. The molecule has 0 amide bonds. The summed E-state index contributed by atoms with van der Waals surface area (Å²) in [5, 5.41) is 0. The predicted octanol–water partition coefficient (Wildman–Crippen LogP) is 4.04. The van der Waals surface area contributed by atoms with Crippen molar-refractivity contribution in [1.29, 1.82) is 0 Å². The van der Waals surface area contributed by atoms with E-state index in [4.69, 9.17) is 14.2 Å². The van der Waals surface area contributed by atoms with Gasteiger partial charge in [-0.1, -0.05) is 24.3 Å². The van der Waals surface area contributed by atoms with Crippen molar-refractivity contribution in [2.75, 3.05) is 40.5 Å². The van der Waals surface area contributed by atoms with Crippen LogP contribution in [0.25, 0.3) is 0 Å². The first-order chi connectivity index (χ1) is 12.8. The lowest BCUT2D eigenvalue weighted by atomic mass is 9.90. The van der Waals surface area contributed by atoms with Crippen molar-refractivity contribution >= 4 is 0 Å². The van der Waals surface area contributed by atoms with E-state index >= 15 is 0 Å². The predicted molar refractivity (Wildman–Crippen MR) is 104 cm³/mol. The maximum absolute atomic E-state index is 5.90. The second-order valence-electron chi connectivity index (χ2n) is 6.84. The van der Waals surface area contributed by atoms with E-state index < -0.39 is 0 Å². The molecular formula is C22H29NO3. The zero-order chi connectivity index (χ0) is 18.2. The third-order valence-corrected chi connectivity index (χ3v) is 5.12. The SMILES string of the molecule is COc1ccc(CC2CCN(CCOc3ccccc3OC)CC2)cc1. The zero-order valence-electron chi connectivity index (χ0n) is 15.8. The highest BCUT2D eigenvalue weighted by atomic mass is 16.5. The molecule has 0 aromatic heterocycles. The molecule has 2 aromatic carbocycles. The van der Waals surface area contributed by atoms with Gasteiger partial charge in [-0.2, -0.15) is 0 Å². The Balaban J connectivity index is 1.38. The smallest absolute Gasteiger partial charge is 0.161 e. The number of hydrogen-bond acceptors (Lipinski definition) is 4. The maximum atomic E-state index is 5.90. The third kappa shape index (κ3) is 5.15. The van der Waals surface area contributed by atoms with Crippen molar-refractivity contribution in [3.05, 3.63) is 54.1 Å². The summed E-state index contributed by atoms with van der Waals surface area (Å²) < 4.78 is 16.5. The molecule has 0 spiro atoms. The molecule has 0 aliphatic carbocycles. The Hall–Kier alpha value is -2.20. The van der Waals surface area contributed by atoms with Crippen LogP contribution in [-0.2, 0) is 6.42 Å². The van der Waals surface area contributed by atoms with E-state index in [1.54, 1.807) is 14.2 Å². The molecule has 0 saturated carbocycles. The highest BCUT2D eigenvalue weighted by Gasteiger charge is 2.19. The molecule has 140 valence electrons. The number of ether oxygens (including phenoxy) is 3. The number of para-hydroxylation sites is 2. The van der Waals surface area contributed by atoms with Gasteiger partial charge in [-0.15, -0.1) is 0 Å². The maximum Gasteiger partial charge on any atom is 0.161 e. The number of nitrogens with zero attached hydrogens (tertiary/aromatic N) is 1. The van der Waals surface area contributed by atoms with Gasteiger partial charge in [-0.05, 0) is 68.1 Å². The molecule has 1 fully saturated rings. The van der Waals surface area contributed by atoms with Gasteiger partial charge in [0.2, 0.25) is 0 Å². The topological polar surface area (TPSA) is 30.9 Å². The molecular weight excluding hydrogens is 326 g/mol. The van der Waals surface area contributed by atoms with Gasteiger partial charge in [-0.25, -0.2) is 0 Å². The molecule has 4 nitrogen and oxygen atoms in total. The number of rotatable bonds is 8. The standard InChI is InChI=1S/C22H29NO3/c1-24-20-9-7-18(8-10-20)17-19-11-13-23(14-12-19)15-16-26-22-6-4-3-5-21(22)25-2/h3-10,19H,11-17H2,1-2H3.